The van der Waals surface area contributed by atoms with E-state index in [0.717, 1.165) is 17.5 Å². The van der Waals surface area contributed by atoms with Gasteiger partial charge in [0.1, 0.15) is 0 Å². The van der Waals surface area contributed by atoms with Gasteiger partial charge in [-0.3, -0.25) is 0 Å². The Labute approximate surface area is 189 Å². The Balaban J connectivity index is 1.94. The molecule has 1 aliphatic rings. The number of hydrogen-bond acceptors (Lipinski definition) is 6. The lowest BCUT2D eigenvalue weighted by molar-refractivity contribution is 0.0447. The first-order valence-electron chi connectivity index (χ1n) is 10.9. The highest BCUT2D eigenvalue weighted by Gasteiger charge is 2.32. The third-order valence-corrected chi connectivity index (χ3v) is 6.72. The summed E-state index contributed by atoms with van der Waals surface area (Å²) in [6.45, 7) is 6.46. The number of sulfonamides is 1. The van der Waals surface area contributed by atoms with Crippen LogP contribution in [0.2, 0.25) is 0 Å². The number of ether oxygens (including phenoxy) is 2. The van der Waals surface area contributed by atoms with Gasteiger partial charge in [-0.15, -0.1) is 0 Å². The Morgan fingerprint density at radius 3 is 2.50 bits per heavy atom. The van der Waals surface area contributed by atoms with Gasteiger partial charge >= 0.3 is 5.97 Å². The van der Waals surface area contributed by atoms with Gasteiger partial charge in [0.25, 0.3) is 10.0 Å². The first-order valence-corrected chi connectivity index (χ1v) is 12.4. The molecule has 2 aromatic carbocycles. The minimum Gasteiger partial charge on any atom is -0.462 e. The van der Waals surface area contributed by atoms with E-state index in [2.05, 4.69) is 9.93 Å². The molecule has 3 rings (SSSR count). The number of esters is 1. The van der Waals surface area contributed by atoms with Gasteiger partial charge in [-0.1, -0.05) is 35.9 Å². The van der Waals surface area contributed by atoms with Crippen molar-refractivity contribution < 1.29 is 22.7 Å². The van der Waals surface area contributed by atoms with Crippen LogP contribution in [0.5, 0.6) is 0 Å². The van der Waals surface area contributed by atoms with Crippen LogP contribution >= 0.6 is 0 Å². The molecule has 1 aliphatic carbocycles. The predicted octanol–water partition coefficient (Wildman–Crippen LogP) is 4.18. The van der Waals surface area contributed by atoms with Crippen LogP contribution in [-0.2, 0) is 19.5 Å². The van der Waals surface area contributed by atoms with Crippen molar-refractivity contribution in [2.45, 2.75) is 57.0 Å². The summed E-state index contributed by atoms with van der Waals surface area (Å²) in [5.41, 5.74) is 2.88. The summed E-state index contributed by atoms with van der Waals surface area (Å²) in [7, 11) is -3.80. The molecule has 0 saturated heterocycles. The number of carbonyl (C=O) groups excluding carboxylic acids is 1. The Bertz CT molecular complexity index is 1060. The van der Waals surface area contributed by atoms with Gasteiger partial charge in [0, 0.05) is 18.2 Å². The van der Waals surface area contributed by atoms with Crippen molar-refractivity contribution in [1.82, 2.24) is 4.83 Å². The number of aryl methyl sites for hydroxylation is 1. The second kappa shape index (κ2) is 10.7. The molecule has 172 valence electrons. The average Bonchev–Trinajstić information content (AvgIpc) is 2.79. The molecule has 0 bridgehead atoms. The molecule has 0 amide bonds. The standard InChI is InChI=1S/C24H30N2O5S/c1-4-30-18-12-15-23(25-26-32(28,29)19-13-10-17(3)11-14-19)22(16-18)20-8-6-7-9-21(20)24(27)31-5-2/h6-11,13-14,18,22,26H,4-5,12,15-16H2,1-3H3. The smallest absolute Gasteiger partial charge is 0.338 e. The number of benzene rings is 2. The van der Waals surface area contributed by atoms with Crippen molar-refractivity contribution in [2.75, 3.05) is 13.2 Å². The maximum absolute atomic E-state index is 12.7. The van der Waals surface area contributed by atoms with Crippen LogP contribution in [-0.4, -0.2) is 39.4 Å². The van der Waals surface area contributed by atoms with E-state index in [1.807, 2.05) is 26.0 Å². The molecular weight excluding hydrogens is 428 g/mol. The largest absolute Gasteiger partial charge is 0.462 e. The van der Waals surface area contributed by atoms with Crippen molar-refractivity contribution in [3.8, 4) is 0 Å². The van der Waals surface area contributed by atoms with Crippen molar-refractivity contribution in [3.63, 3.8) is 0 Å². The summed E-state index contributed by atoms with van der Waals surface area (Å²) >= 11 is 0. The molecule has 0 heterocycles. The van der Waals surface area contributed by atoms with Crippen molar-refractivity contribution in [1.29, 1.82) is 0 Å². The number of hydrogen-bond donors (Lipinski definition) is 1. The molecule has 2 atom stereocenters. The van der Waals surface area contributed by atoms with E-state index in [1.54, 1.807) is 43.3 Å². The maximum Gasteiger partial charge on any atom is 0.338 e. The van der Waals surface area contributed by atoms with Gasteiger partial charge < -0.3 is 9.47 Å². The zero-order chi connectivity index (χ0) is 23.1. The normalized spacial score (nSPS) is 20.2. The third kappa shape index (κ3) is 5.75. The zero-order valence-electron chi connectivity index (χ0n) is 18.7. The molecule has 0 aromatic heterocycles. The predicted molar refractivity (Wildman–Crippen MR) is 123 cm³/mol. The molecule has 32 heavy (non-hydrogen) atoms. The molecule has 1 N–H and O–H groups in total. The number of carbonyl (C=O) groups is 1. The van der Waals surface area contributed by atoms with E-state index in [9.17, 15) is 13.2 Å². The highest BCUT2D eigenvalue weighted by molar-refractivity contribution is 7.89. The van der Waals surface area contributed by atoms with Crippen LogP contribution in [0.15, 0.2) is 58.5 Å². The van der Waals surface area contributed by atoms with E-state index in [1.165, 1.54) is 0 Å². The molecule has 1 fully saturated rings. The first kappa shape index (κ1) is 23.9. The molecule has 1 saturated carbocycles. The van der Waals surface area contributed by atoms with Crippen LogP contribution < -0.4 is 4.83 Å². The number of hydrazone groups is 1. The van der Waals surface area contributed by atoms with E-state index in [0.29, 0.717) is 30.7 Å². The summed E-state index contributed by atoms with van der Waals surface area (Å²) in [4.78, 5) is 15.1. The van der Waals surface area contributed by atoms with Gasteiger partial charge in [0.05, 0.1) is 23.2 Å². The highest BCUT2D eigenvalue weighted by Crippen LogP contribution is 2.34. The third-order valence-electron chi connectivity index (χ3n) is 5.50. The summed E-state index contributed by atoms with van der Waals surface area (Å²) in [5, 5.41) is 4.32. The maximum atomic E-state index is 12.7. The lowest BCUT2D eigenvalue weighted by atomic mass is 9.79. The monoisotopic (exact) mass is 458 g/mol. The summed E-state index contributed by atoms with van der Waals surface area (Å²) in [5.74, 6) is -0.664. The van der Waals surface area contributed by atoms with Crippen molar-refractivity contribution in [3.05, 3.63) is 65.2 Å². The molecular formula is C24H30N2O5S. The van der Waals surface area contributed by atoms with Crippen molar-refractivity contribution >= 4 is 21.7 Å². The van der Waals surface area contributed by atoms with Crippen LogP contribution in [0.4, 0.5) is 0 Å². The lowest BCUT2D eigenvalue weighted by Gasteiger charge is -2.31. The van der Waals surface area contributed by atoms with E-state index < -0.39 is 16.0 Å². The fraction of sp³-hybridized carbons (Fsp3) is 0.417. The summed E-state index contributed by atoms with van der Waals surface area (Å²) in [6.07, 6.45) is 1.91. The van der Waals surface area contributed by atoms with Crippen LogP contribution in [0, 0.1) is 6.92 Å². The molecule has 2 aromatic rings. The summed E-state index contributed by atoms with van der Waals surface area (Å²) in [6, 6.07) is 13.8. The Kier molecular flexibility index (Phi) is 8.04. The molecule has 0 radical (unpaired) electrons. The quantitative estimate of drug-likeness (QED) is 0.473. The highest BCUT2D eigenvalue weighted by atomic mass is 32.2. The first-order chi connectivity index (χ1) is 15.4. The topological polar surface area (TPSA) is 94.1 Å². The molecule has 2 unspecified atom stereocenters. The van der Waals surface area contributed by atoms with E-state index in [4.69, 9.17) is 9.47 Å². The SMILES string of the molecule is CCOC(=O)c1ccccc1C1CC(OCC)CCC1=NNS(=O)(=O)c1ccc(C)cc1. The molecule has 0 aliphatic heterocycles. The molecule has 7 nitrogen and oxygen atoms in total. The molecule has 8 heteroatoms. The van der Waals surface area contributed by atoms with Crippen LogP contribution in [0.25, 0.3) is 0 Å². The van der Waals surface area contributed by atoms with Gasteiger partial charge in [-0.2, -0.15) is 13.5 Å². The summed E-state index contributed by atoms with van der Waals surface area (Å²) < 4.78 is 36.6. The Morgan fingerprint density at radius 1 is 1.09 bits per heavy atom. The number of nitrogens with zero attached hydrogens (tertiary/aromatic N) is 1. The van der Waals surface area contributed by atoms with Crippen LogP contribution in [0.3, 0.4) is 0 Å². The number of nitrogens with one attached hydrogen (secondary N) is 1. The van der Waals surface area contributed by atoms with E-state index in [-0.39, 0.29) is 23.5 Å². The van der Waals surface area contributed by atoms with Gasteiger partial charge in [0.15, 0.2) is 0 Å². The van der Waals surface area contributed by atoms with E-state index >= 15 is 0 Å². The van der Waals surface area contributed by atoms with Gasteiger partial charge in [0.2, 0.25) is 0 Å². The second-order valence-corrected chi connectivity index (χ2v) is 9.38. The second-order valence-electron chi connectivity index (χ2n) is 7.72. The van der Waals surface area contributed by atoms with Gasteiger partial charge in [-0.05, 0) is 63.8 Å². The zero-order valence-corrected chi connectivity index (χ0v) is 19.5. The van der Waals surface area contributed by atoms with Crippen molar-refractivity contribution in [2.24, 2.45) is 5.10 Å². The molecule has 0 spiro atoms. The van der Waals surface area contributed by atoms with Crippen LogP contribution in [0.1, 0.15) is 60.5 Å². The lowest BCUT2D eigenvalue weighted by Crippen LogP contribution is -2.32. The fourth-order valence-corrected chi connectivity index (χ4v) is 4.75. The van der Waals surface area contributed by atoms with Gasteiger partial charge in [-0.25, -0.2) is 9.63 Å². The minimum absolute atomic E-state index is 0.00732. The number of rotatable bonds is 8. The average molecular weight is 459 g/mol. The Morgan fingerprint density at radius 2 is 1.81 bits per heavy atom. The Hall–Kier alpha value is -2.71. The minimum atomic E-state index is -3.80. The fourth-order valence-electron chi connectivity index (χ4n) is 3.91.